The molecule has 18 heavy (non-hydrogen) atoms. The third-order valence-corrected chi connectivity index (χ3v) is 5.08. The molecule has 0 bridgehead atoms. The van der Waals surface area contributed by atoms with E-state index in [0.29, 0.717) is 12.0 Å². The second-order valence-electron chi connectivity index (χ2n) is 5.44. The first-order valence-corrected chi connectivity index (χ1v) is 8.04. The Morgan fingerprint density at radius 2 is 2.28 bits per heavy atom. The summed E-state index contributed by atoms with van der Waals surface area (Å²) in [7, 11) is 0. The van der Waals surface area contributed by atoms with Crippen LogP contribution >= 0.6 is 11.8 Å². The third-order valence-electron chi connectivity index (χ3n) is 4.09. The normalized spacial score (nSPS) is 31.4. The van der Waals surface area contributed by atoms with Gasteiger partial charge in [-0.05, 0) is 43.8 Å². The first-order valence-electron chi connectivity index (χ1n) is 6.89. The molecule has 0 aliphatic heterocycles. The summed E-state index contributed by atoms with van der Waals surface area (Å²) in [4.78, 5) is 11.7. The van der Waals surface area contributed by atoms with Crippen LogP contribution in [0, 0.1) is 5.92 Å². The molecule has 2 fully saturated rings. The zero-order valence-electron chi connectivity index (χ0n) is 10.9. The second-order valence-corrected chi connectivity index (χ2v) is 6.59. The molecule has 2 atom stereocenters. The highest BCUT2D eigenvalue weighted by Crippen LogP contribution is 2.41. The van der Waals surface area contributed by atoms with Crippen molar-refractivity contribution in [3.63, 3.8) is 0 Å². The van der Waals surface area contributed by atoms with Crippen molar-refractivity contribution in [1.82, 2.24) is 5.32 Å². The van der Waals surface area contributed by atoms with E-state index < -0.39 is 11.5 Å². The molecule has 4 heteroatoms. The van der Waals surface area contributed by atoms with Crippen LogP contribution in [0.2, 0.25) is 0 Å². The standard InChI is InChI=1S/C14H23NO2S/c1-2-9-18-10-7-11-4-3-8-14(11,13(16)17)15-12-5-6-12/h2,11-12,15H,1,3-10H2,(H,16,17). The number of nitrogens with one attached hydrogen (secondary N) is 1. The first-order chi connectivity index (χ1) is 8.69. The van der Waals surface area contributed by atoms with Crippen LogP contribution < -0.4 is 5.32 Å². The Kier molecular flexibility index (Phi) is 4.73. The number of thioether (sulfide) groups is 1. The molecule has 2 aliphatic rings. The molecule has 0 aromatic heterocycles. The molecule has 0 heterocycles. The zero-order chi connectivity index (χ0) is 13.0. The molecule has 2 saturated carbocycles. The summed E-state index contributed by atoms with van der Waals surface area (Å²) < 4.78 is 0. The van der Waals surface area contributed by atoms with Gasteiger partial charge in [-0.15, -0.1) is 6.58 Å². The van der Waals surface area contributed by atoms with E-state index >= 15 is 0 Å². The van der Waals surface area contributed by atoms with Crippen LogP contribution in [0.3, 0.4) is 0 Å². The van der Waals surface area contributed by atoms with E-state index in [2.05, 4.69) is 11.9 Å². The molecule has 2 N–H and O–H groups in total. The summed E-state index contributed by atoms with van der Waals surface area (Å²) >= 11 is 1.85. The van der Waals surface area contributed by atoms with Gasteiger partial charge in [0.25, 0.3) is 0 Å². The van der Waals surface area contributed by atoms with Crippen LogP contribution in [0.25, 0.3) is 0 Å². The predicted octanol–water partition coefficient (Wildman–Crippen LogP) is 2.67. The van der Waals surface area contributed by atoms with Crippen molar-refractivity contribution in [2.45, 2.75) is 50.1 Å². The SMILES string of the molecule is C=CCSCCC1CCCC1(NC1CC1)C(=O)O. The van der Waals surface area contributed by atoms with E-state index in [1.165, 1.54) is 0 Å². The average Bonchev–Trinajstić information content (AvgIpc) is 3.05. The maximum Gasteiger partial charge on any atom is 0.324 e. The molecule has 0 aromatic carbocycles. The quantitative estimate of drug-likeness (QED) is 0.525. The van der Waals surface area contributed by atoms with Crippen LogP contribution in [0.4, 0.5) is 0 Å². The molecule has 102 valence electrons. The molecule has 0 aromatic rings. The zero-order valence-corrected chi connectivity index (χ0v) is 11.7. The predicted molar refractivity (Wildman–Crippen MR) is 76.0 cm³/mol. The van der Waals surface area contributed by atoms with Crippen LogP contribution in [0.1, 0.15) is 38.5 Å². The average molecular weight is 269 g/mol. The first kappa shape index (κ1) is 13.9. The van der Waals surface area contributed by atoms with Gasteiger partial charge in [0.1, 0.15) is 5.54 Å². The topological polar surface area (TPSA) is 49.3 Å². The van der Waals surface area contributed by atoms with Crippen molar-refractivity contribution in [3.05, 3.63) is 12.7 Å². The largest absolute Gasteiger partial charge is 0.480 e. The monoisotopic (exact) mass is 269 g/mol. The van der Waals surface area contributed by atoms with E-state index in [4.69, 9.17) is 0 Å². The van der Waals surface area contributed by atoms with Crippen LogP contribution in [0.15, 0.2) is 12.7 Å². The smallest absolute Gasteiger partial charge is 0.324 e. The maximum absolute atomic E-state index is 11.7. The lowest BCUT2D eigenvalue weighted by atomic mass is 9.85. The summed E-state index contributed by atoms with van der Waals surface area (Å²) in [5.74, 6) is 1.67. The molecule has 0 radical (unpaired) electrons. The van der Waals surface area contributed by atoms with Crippen molar-refractivity contribution in [2.24, 2.45) is 5.92 Å². The number of hydrogen-bond acceptors (Lipinski definition) is 3. The number of hydrogen-bond donors (Lipinski definition) is 2. The molecule has 2 aliphatic carbocycles. The van der Waals surface area contributed by atoms with Crippen molar-refractivity contribution < 1.29 is 9.90 Å². The van der Waals surface area contributed by atoms with Crippen molar-refractivity contribution >= 4 is 17.7 Å². The second kappa shape index (κ2) is 6.11. The Hall–Kier alpha value is -0.480. The highest BCUT2D eigenvalue weighted by Gasteiger charge is 2.50. The summed E-state index contributed by atoms with van der Waals surface area (Å²) in [5, 5.41) is 13.1. The van der Waals surface area contributed by atoms with Gasteiger partial charge in [-0.3, -0.25) is 10.1 Å². The number of carboxylic acids is 1. The number of carbonyl (C=O) groups is 1. The Morgan fingerprint density at radius 3 is 2.89 bits per heavy atom. The minimum atomic E-state index is -0.634. The fraction of sp³-hybridized carbons (Fsp3) is 0.786. The lowest BCUT2D eigenvalue weighted by Crippen LogP contribution is -2.55. The van der Waals surface area contributed by atoms with Crippen molar-refractivity contribution in [3.8, 4) is 0 Å². The van der Waals surface area contributed by atoms with Gasteiger partial charge < -0.3 is 5.11 Å². The fourth-order valence-electron chi connectivity index (χ4n) is 2.99. The van der Waals surface area contributed by atoms with Gasteiger partial charge in [-0.25, -0.2) is 0 Å². The maximum atomic E-state index is 11.7. The van der Waals surface area contributed by atoms with Gasteiger partial charge in [0.2, 0.25) is 0 Å². The van der Waals surface area contributed by atoms with Gasteiger partial charge in [-0.1, -0.05) is 12.5 Å². The summed E-state index contributed by atoms with van der Waals surface area (Å²) in [5.41, 5.74) is -0.629. The van der Waals surface area contributed by atoms with Crippen LogP contribution in [0.5, 0.6) is 0 Å². The molecule has 2 rings (SSSR count). The van der Waals surface area contributed by atoms with Crippen LogP contribution in [-0.2, 0) is 4.79 Å². The van der Waals surface area contributed by atoms with Gasteiger partial charge in [0.05, 0.1) is 0 Å². The Bertz CT molecular complexity index is 317. The number of carboxylic acid groups (broad SMARTS) is 1. The molecule has 0 amide bonds. The van der Waals surface area contributed by atoms with Gasteiger partial charge in [-0.2, -0.15) is 11.8 Å². The van der Waals surface area contributed by atoms with Crippen molar-refractivity contribution in [2.75, 3.05) is 11.5 Å². The molecular formula is C14H23NO2S. The van der Waals surface area contributed by atoms with E-state index in [9.17, 15) is 9.90 Å². The lowest BCUT2D eigenvalue weighted by molar-refractivity contribution is -0.146. The van der Waals surface area contributed by atoms with Crippen molar-refractivity contribution in [1.29, 1.82) is 0 Å². The van der Waals surface area contributed by atoms with Gasteiger partial charge >= 0.3 is 5.97 Å². The molecule has 2 unspecified atom stereocenters. The molecule has 3 nitrogen and oxygen atoms in total. The molecular weight excluding hydrogens is 246 g/mol. The number of rotatable bonds is 8. The Balaban J connectivity index is 1.92. The highest BCUT2D eigenvalue weighted by atomic mass is 32.2. The summed E-state index contributed by atoms with van der Waals surface area (Å²) in [6.45, 7) is 3.71. The fourth-order valence-corrected chi connectivity index (χ4v) is 3.77. The number of aliphatic carboxylic acids is 1. The van der Waals surface area contributed by atoms with E-state index in [1.54, 1.807) is 0 Å². The van der Waals surface area contributed by atoms with Gasteiger partial charge in [0, 0.05) is 11.8 Å². The Labute approximate surface area is 113 Å². The summed E-state index contributed by atoms with van der Waals surface area (Å²) in [6.07, 6.45) is 8.11. The van der Waals surface area contributed by atoms with Gasteiger partial charge in [0.15, 0.2) is 0 Å². The molecule has 0 spiro atoms. The van der Waals surface area contributed by atoms with E-state index in [1.807, 2.05) is 17.8 Å². The third kappa shape index (κ3) is 3.09. The van der Waals surface area contributed by atoms with E-state index in [0.717, 1.165) is 50.0 Å². The highest BCUT2D eigenvalue weighted by molar-refractivity contribution is 7.99. The minimum Gasteiger partial charge on any atom is -0.480 e. The van der Waals surface area contributed by atoms with Crippen LogP contribution in [-0.4, -0.2) is 34.2 Å². The minimum absolute atomic E-state index is 0.299. The van der Waals surface area contributed by atoms with E-state index in [-0.39, 0.29) is 0 Å². The Morgan fingerprint density at radius 1 is 1.50 bits per heavy atom. The molecule has 0 saturated heterocycles. The summed E-state index contributed by atoms with van der Waals surface area (Å²) in [6, 6.07) is 0.461. The lowest BCUT2D eigenvalue weighted by Gasteiger charge is -2.32.